The van der Waals surface area contributed by atoms with Gasteiger partial charge in [0.15, 0.2) is 0 Å². The number of methoxy groups -OCH3 is 1. The van der Waals surface area contributed by atoms with Crippen LogP contribution in [0.15, 0.2) is 36.4 Å². The van der Waals surface area contributed by atoms with Crippen LogP contribution in [0, 0.1) is 0 Å². The van der Waals surface area contributed by atoms with Crippen LogP contribution >= 0.6 is 0 Å². The molecule has 3 rings (SSSR count). The molecule has 5 heteroatoms. The minimum Gasteiger partial charge on any atom is -0.384 e. The largest absolute Gasteiger partial charge is 0.384 e. The monoisotopic (exact) mass is 298 g/mol. The number of hydrogen-bond acceptors (Lipinski definition) is 5. The van der Waals surface area contributed by atoms with Gasteiger partial charge in [0, 0.05) is 51.3 Å². The second kappa shape index (κ2) is 7.33. The fourth-order valence-electron chi connectivity index (χ4n) is 2.60. The van der Waals surface area contributed by atoms with E-state index in [0.29, 0.717) is 6.61 Å². The smallest absolute Gasteiger partial charge is 0.133 e. The third-order valence-electron chi connectivity index (χ3n) is 3.80. The summed E-state index contributed by atoms with van der Waals surface area (Å²) >= 11 is 0. The molecule has 0 radical (unpaired) electrons. The summed E-state index contributed by atoms with van der Waals surface area (Å²) in [6, 6.07) is 12.4. The van der Waals surface area contributed by atoms with Gasteiger partial charge in [-0.15, -0.1) is 0 Å². The molecule has 22 heavy (non-hydrogen) atoms. The average molecular weight is 298 g/mol. The molecule has 1 aliphatic heterocycles. The third kappa shape index (κ3) is 3.61. The Morgan fingerprint density at radius 2 is 1.91 bits per heavy atom. The Morgan fingerprint density at radius 1 is 1.14 bits per heavy atom. The normalized spacial score (nSPS) is 15.0. The lowest BCUT2D eigenvalue weighted by Crippen LogP contribution is -2.44. The number of anilines is 1. The Kier molecular flexibility index (Phi) is 4.98. The second-order valence-corrected chi connectivity index (χ2v) is 5.37. The van der Waals surface area contributed by atoms with E-state index in [1.54, 1.807) is 7.11 Å². The topological polar surface area (TPSA) is 50.3 Å². The van der Waals surface area contributed by atoms with Gasteiger partial charge in [-0.25, -0.2) is 9.97 Å². The van der Waals surface area contributed by atoms with Crippen LogP contribution < -0.4 is 10.2 Å². The van der Waals surface area contributed by atoms with Crippen molar-refractivity contribution < 1.29 is 4.74 Å². The van der Waals surface area contributed by atoms with Gasteiger partial charge in [-0.3, -0.25) is 0 Å². The highest BCUT2D eigenvalue weighted by molar-refractivity contribution is 5.63. The first-order valence-corrected chi connectivity index (χ1v) is 7.75. The molecule has 0 saturated carbocycles. The van der Waals surface area contributed by atoms with Gasteiger partial charge in [0.05, 0.1) is 12.3 Å². The van der Waals surface area contributed by atoms with Gasteiger partial charge in [0.25, 0.3) is 0 Å². The van der Waals surface area contributed by atoms with E-state index in [0.717, 1.165) is 55.5 Å². The van der Waals surface area contributed by atoms with E-state index in [9.17, 15) is 0 Å². The van der Waals surface area contributed by atoms with Crippen molar-refractivity contribution >= 4 is 5.82 Å². The van der Waals surface area contributed by atoms with Crippen molar-refractivity contribution in [3.8, 4) is 11.3 Å². The number of nitrogens with zero attached hydrogens (tertiary/aromatic N) is 3. The molecule has 5 nitrogen and oxygen atoms in total. The maximum Gasteiger partial charge on any atom is 0.133 e. The molecule has 1 aromatic carbocycles. The Morgan fingerprint density at radius 3 is 2.64 bits per heavy atom. The summed E-state index contributed by atoms with van der Waals surface area (Å²) < 4.78 is 5.17. The van der Waals surface area contributed by atoms with E-state index < -0.39 is 0 Å². The number of aromatic nitrogens is 2. The lowest BCUT2D eigenvalue weighted by molar-refractivity contribution is 0.200. The number of rotatable bonds is 5. The first kappa shape index (κ1) is 14.9. The Balaban J connectivity index is 1.94. The molecule has 116 valence electrons. The number of ether oxygens (including phenoxy) is 1. The fourth-order valence-corrected chi connectivity index (χ4v) is 2.60. The van der Waals surface area contributed by atoms with Crippen molar-refractivity contribution in [3.05, 3.63) is 42.2 Å². The van der Waals surface area contributed by atoms with Crippen LogP contribution in [0.25, 0.3) is 11.3 Å². The van der Waals surface area contributed by atoms with Crippen LogP contribution in [0.4, 0.5) is 5.82 Å². The van der Waals surface area contributed by atoms with E-state index in [1.807, 2.05) is 18.2 Å². The molecule has 1 saturated heterocycles. The number of nitrogens with one attached hydrogen (secondary N) is 1. The Bertz CT molecular complexity index is 597. The molecule has 0 bridgehead atoms. The summed E-state index contributed by atoms with van der Waals surface area (Å²) in [6.45, 7) is 4.60. The van der Waals surface area contributed by atoms with Crippen molar-refractivity contribution in [3.63, 3.8) is 0 Å². The van der Waals surface area contributed by atoms with Crippen molar-refractivity contribution in [1.82, 2.24) is 15.3 Å². The summed E-state index contributed by atoms with van der Waals surface area (Å²) in [4.78, 5) is 11.8. The van der Waals surface area contributed by atoms with Crippen LogP contribution in [-0.2, 0) is 11.2 Å². The highest BCUT2D eigenvalue weighted by Gasteiger charge is 2.15. The molecule has 1 fully saturated rings. The van der Waals surface area contributed by atoms with Crippen LogP contribution in [0.1, 0.15) is 5.82 Å². The van der Waals surface area contributed by atoms with E-state index in [2.05, 4.69) is 28.4 Å². The lowest BCUT2D eigenvalue weighted by atomic mass is 10.1. The summed E-state index contributed by atoms with van der Waals surface area (Å²) in [5.74, 6) is 1.86. The minimum atomic E-state index is 0.638. The first-order chi connectivity index (χ1) is 10.9. The van der Waals surface area contributed by atoms with Gasteiger partial charge in [-0.05, 0) is 0 Å². The van der Waals surface area contributed by atoms with E-state index in [1.165, 1.54) is 0 Å². The molecule has 0 amide bonds. The summed E-state index contributed by atoms with van der Waals surface area (Å²) in [5.41, 5.74) is 2.11. The third-order valence-corrected chi connectivity index (χ3v) is 3.80. The highest BCUT2D eigenvalue weighted by Crippen LogP contribution is 2.22. The van der Waals surface area contributed by atoms with E-state index in [-0.39, 0.29) is 0 Å². The summed E-state index contributed by atoms with van der Waals surface area (Å²) in [7, 11) is 1.71. The van der Waals surface area contributed by atoms with Gasteiger partial charge >= 0.3 is 0 Å². The maximum atomic E-state index is 5.17. The van der Waals surface area contributed by atoms with Gasteiger partial charge in [-0.1, -0.05) is 30.3 Å². The average Bonchev–Trinajstić information content (AvgIpc) is 2.61. The minimum absolute atomic E-state index is 0.638. The number of piperazine rings is 1. The van der Waals surface area contributed by atoms with Crippen LogP contribution in [0.2, 0.25) is 0 Å². The molecular weight excluding hydrogens is 276 g/mol. The van der Waals surface area contributed by atoms with Gasteiger partial charge in [0.2, 0.25) is 0 Å². The highest BCUT2D eigenvalue weighted by atomic mass is 16.5. The van der Waals surface area contributed by atoms with Gasteiger partial charge in [0.1, 0.15) is 11.6 Å². The standard InChI is InChI=1S/C17H22N4O/c1-22-12-7-16-19-15(14-5-3-2-4-6-14)13-17(20-16)21-10-8-18-9-11-21/h2-6,13,18H,7-12H2,1H3. The molecular formula is C17H22N4O. The molecule has 1 N–H and O–H groups in total. The van der Waals surface area contributed by atoms with E-state index in [4.69, 9.17) is 14.7 Å². The molecule has 1 aromatic heterocycles. The Labute approximate surface area is 131 Å². The maximum absolute atomic E-state index is 5.17. The molecule has 0 unspecified atom stereocenters. The second-order valence-electron chi connectivity index (χ2n) is 5.37. The van der Waals surface area contributed by atoms with Gasteiger partial charge in [-0.2, -0.15) is 0 Å². The van der Waals surface area contributed by atoms with Crippen LogP contribution in [0.3, 0.4) is 0 Å². The first-order valence-electron chi connectivity index (χ1n) is 7.75. The lowest BCUT2D eigenvalue weighted by Gasteiger charge is -2.29. The quantitative estimate of drug-likeness (QED) is 0.911. The van der Waals surface area contributed by atoms with Crippen molar-refractivity contribution in [2.24, 2.45) is 0 Å². The van der Waals surface area contributed by atoms with Crippen molar-refractivity contribution in [1.29, 1.82) is 0 Å². The van der Waals surface area contributed by atoms with Crippen LogP contribution in [-0.4, -0.2) is 49.9 Å². The summed E-state index contributed by atoms with van der Waals surface area (Å²) in [5, 5.41) is 3.37. The zero-order valence-corrected chi connectivity index (χ0v) is 13.0. The van der Waals surface area contributed by atoms with Crippen molar-refractivity contribution in [2.45, 2.75) is 6.42 Å². The molecule has 0 spiro atoms. The van der Waals surface area contributed by atoms with E-state index >= 15 is 0 Å². The predicted octanol–water partition coefficient (Wildman–Crippen LogP) is 1.74. The molecule has 2 aromatic rings. The molecule has 0 aliphatic carbocycles. The Hall–Kier alpha value is -1.98. The predicted molar refractivity (Wildman–Crippen MR) is 88.1 cm³/mol. The molecule has 0 atom stereocenters. The number of benzene rings is 1. The zero-order valence-electron chi connectivity index (χ0n) is 13.0. The van der Waals surface area contributed by atoms with Crippen LogP contribution in [0.5, 0.6) is 0 Å². The SMILES string of the molecule is COCCc1nc(-c2ccccc2)cc(N2CCNCC2)n1. The molecule has 2 heterocycles. The number of hydrogen-bond donors (Lipinski definition) is 1. The summed E-state index contributed by atoms with van der Waals surface area (Å²) in [6.07, 6.45) is 0.732. The zero-order chi connectivity index (χ0) is 15.2. The fraction of sp³-hybridized carbons (Fsp3) is 0.412. The van der Waals surface area contributed by atoms with Crippen molar-refractivity contribution in [2.75, 3.05) is 44.8 Å². The van der Waals surface area contributed by atoms with Gasteiger partial charge < -0.3 is 15.0 Å². The molecule has 1 aliphatic rings.